The molecule has 0 fully saturated rings. The number of nitrogens with one attached hydrogen (secondary N) is 1. The molecule has 0 aliphatic carbocycles. The van der Waals surface area contributed by atoms with Gasteiger partial charge >= 0.3 is 5.97 Å². The Morgan fingerprint density at radius 1 is 1.11 bits per heavy atom. The van der Waals surface area contributed by atoms with Crippen LogP contribution in [-0.4, -0.2) is 39.6 Å². The number of ether oxygens (including phenoxy) is 3. The maximum atomic E-state index is 12.2. The van der Waals surface area contributed by atoms with E-state index < -0.39 is 34.4 Å². The van der Waals surface area contributed by atoms with Crippen LogP contribution in [-0.2, 0) is 19.6 Å². The Kier molecular flexibility index (Phi) is 5.43. The summed E-state index contributed by atoms with van der Waals surface area (Å²) in [5.41, 5.74) is 0.296. The molecule has 27 heavy (non-hydrogen) atoms. The van der Waals surface area contributed by atoms with E-state index in [1.165, 1.54) is 31.2 Å². The van der Waals surface area contributed by atoms with Crippen molar-refractivity contribution in [1.29, 1.82) is 0 Å². The largest absolute Gasteiger partial charge is 0.456 e. The number of carbonyl (C=O) groups is 2. The highest BCUT2D eigenvalue weighted by Gasteiger charge is 2.24. The van der Waals surface area contributed by atoms with Crippen LogP contribution in [0.25, 0.3) is 0 Å². The lowest BCUT2D eigenvalue weighted by Crippen LogP contribution is -2.40. The number of hydrogen-bond acceptors (Lipinski definition) is 7. The maximum Gasteiger partial charge on any atom is 0.324 e. The molecule has 2 aromatic carbocycles. The van der Waals surface area contributed by atoms with Gasteiger partial charge in [-0.2, -0.15) is 4.72 Å². The van der Waals surface area contributed by atoms with Crippen molar-refractivity contribution in [2.45, 2.75) is 17.9 Å². The lowest BCUT2D eigenvalue weighted by Gasteiger charge is -2.13. The number of sulfonamides is 1. The molecular weight excluding hydrogens is 374 g/mol. The zero-order valence-corrected chi connectivity index (χ0v) is 15.2. The van der Waals surface area contributed by atoms with Gasteiger partial charge in [-0.05, 0) is 37.3 Å². The third-order valence-corrected chi connectivity index (χ3v) is 5.34. The predicted octanol–water partition coefficient (Wildman–Crippen LogP) is 1.51. The van der Waals surface area contributed by atoms with Gasteiger partial charge in [0.1, 0.15) is 6.04 Å². The molecule has 8 nitrogen and oxygen atoms in total. The average molecular weight is 391 g/mol. The van der Waals surface area contributed by atoms with E-state index in [9.17, 15) is 18.0 Å². The minimum absolute atomic E-state index is 0.0288. The highest BCUT2D eigenvalue weighted by atomic mass is 32.2. The molecule has 0 bridgehead atoms. The van der Waals surface area contributed by atoms with E-state index in [4.69, 9.17) is 14.2 Å². The van der Waals surface area contributed by atoms with Crippen molar-refractivity contribution in [3.8, 4) is 11.5 Å². The number of ketones is 1. The molecule has 0 spiro atoms. The van der Waals surface area contributed by atoms with Crippen molar-refractivity contribution in [2.75, 3.05) is 13.4 Å². The summed E-state index contributed by atoms with van der Waals surface area (Å²) in [6, 6.07) is 11.1. The fourth-order valence-electron chi connectivity index (χ4n) is 2.36. The van der Waals surface area contributed by atoms with E-state index in [2.05, 4.69) is 4.72 Å². The van der Waals surface area contributed by atoms with E-state index in [0.717, 1.165) is 0 Å². The van der Waals surface area contributed by atoms with Gasteiger partial charge in [-0.25, -0.2) is 8.42 Å². The first kappa shape index (κ1) is 18.9. The third-order valence-electron chi connectivity index (χ3n) is 3.78. The lowest BCUT2D eigenvalue weighted by atomic mass is 10.1. The van der Waals surface area contributed by atoms with Gasteiger partial charge in [0.05, 0.1) is 4.90 Å². The van der Waals surface area contributed by atoms with Gasteiger partial charge in [-0.1, -0.05) is 18.2 Å². The molecule has 2 aromatic rings. The Balaban J connectivity index is 1.56. The van der Waals surface area contributed by atoms with Crippen molar-refractivity contribution in [3.05, 3.63) is 54.1 Å². The highest BCUT2D eigenvalue weighted by molar-refractivity contribution is 7.89. The molecule has 0 radical (unpaired) electrons. The van der Waals surface area contributed by atoms with Gasteiger partial charge in [-0.15, -0.1) is 0 Å². The fourth-order valence-corrected chi connectivity index (χ4v) is 3.58. The van der Waals surface area contributed by atoms with Gasteiger partial charge in [0.25, 0.3) is 0 Å². The second-order valence-corrected chi connectivity index (χ2v) is 7.47. The molecule has 1 N–H and O–H groups in total. The van der Waals surface area contributed by atoms with E-state index in [1.54, 1.807) is 24.3 Å². The number of hydrogen-bond donors (Lipinski definition) is 1. The highest BCUT2D eigenvalue weighted by Crippen LogP contribution is 2.32. The van der Waals surface area contributed by atoms with Crippen LogP contribution in [0.15, 0.2) is 53.4 Å². The lowest BCUT2D eigenvalue weighted by molar-refractivity contribution is -0.144. The summed E-state index contributed by atoms with van der Waals surface area (Å²) in [6.07, 6.45) is 0. The molecule has 0 saturated heterocycles. The Hall–Kier alpha value is -2.91. The molecule has 1 atom stereocenters. The maximum absolute atomic E-state index is 12.2. The molecule has 9 heteroatoms. The summed E-state index contributed by atoms with van der Waals surface area (Å²) >= 11 is 0. The van der Waals surface area contributed by atoms with Gasteiger partial charge in [-0.3, -0.25) is 9.59 Å². The standard InChI is InChI=1S/C18H17NO7S/c1-12(19-27(22,23)14-5-3-2-4-6-14)18(21)24-10-15(20)13-7-8-16-17(9-13)26-11-25-16/h2-9,12,19H,10-11H2,1H3/t12-/m0/s1. The van der Waals surface area contributed by atoms with Gasteiger partial charge in [0.2, 0.25) is 16.8 Å². The first-order chi connectivity index (χ1) is 12.9. The number of benzene rings is 2. The number of Topliss-reactive ketones (excluding diaryl/α,β-unsaturated/α-hetero) is 1. The van der Waals surface area contributed by atoms with Crippen LogP contribution in [0.4, 0.5) is 0 Å². The fraction of sp³-hybridized carbons (Fsp3) is 0.222. The van der Waals surface area contributed by atoms with Crippen molar-refractivity contribution in [2.24, 2.45) is 0 Å². The summed E-state index contributed by atoms with van der Waals surface area (Å²) in [6.45, 7) is 0.908. The zero-order chi connectivity index (χ0) is 19.4. The minimum Gasteiger partial charge on any atom is -0.456 e. The van der Waals surface area contributed by atoms with E-state index in [1.807, 2.05) is 0 Å². The van der Waals surface area contributed by atoms with E-state index in [0.29, 0.717) is 17.1 Å². The molecule has 0 saturated carbocycles. The van der Waals surface area contributed by atoms with Crippen molar-refractivity contribution in [3.63, 3.8) is 0 Å². The zero-order valence-electron chi connectivity index (χ0n) is 14.4. The molecule has 1 aliphatic heterocycles. The summed E-state index contributed by atoms with van der Waals surface area (Å²) in [4.78, 5) is 24.2. The SMILES string of the molecule is C[C@H](NS(=O)(=O)c1ccccc1)C(=O)OCC(=O)c1ccc2c(c1)OCO2. The van der Waals surface area contributed by atoms with Crippen molar-refractivity contribution < 1.29 is 32.2 Å². The number of carbonyl (C=O) groups excluding carboxylic acids is 2. The molecular formula is C18H17NO7S. The number of esters is 1. The number of fused-ring (bicyclic) bond motifs is 1. The van der Waals surface area contributed by atoms with E-state index in [-0.39, 0.29) is 11.7 Å². The van der Waals surface area contributed by atoms with Crippen LogP contribution >= 0.6 is 0 Å². The predicted molar refractivity (Wildman–Crippen MR) is 94.1 cm³/mol. The Morgan fingerprint density at radius 2 is 1.81 bits per heavy atom. The van der Waals surface area contributed by atoms with Crippen molar-refractivity contribution in [1.82, 2.24) is 4.72 Å². The Labute approximate surface area is 156 Å². The Morgan fingerprint density at radius 3 is 2.56 bits per heavy atom. The average Bonchev–Trinajstić information content (AvgIpc) is 3.14. The van der Waals surface area contributed by atoms with Crippen LogP contribution in [0.3, 0.4) is 0 Å². The molecule has 3 rings (SSSR count). The summed E-state index contributed by atoms with van der Waals surface area (Å²) in [5, 5.41) is 0. The molecule has 0 aromatic heterocycles. The molecule has 0 amide bonds. The quantitative estimate of drug-likeness (QED) is 0.563. The Bertz CT molecular complexity index is 957. The molecule has 0 unspecified atom stereocenters. The third kappa shape index (κ3) is 4.44. The summed E-state index contributed by atoms with van der Waals surface area (Å²) in [7, 11) is -3.87. The summed E-state index contributed by atoms with van der Waals surface area (Å²) < 4.78 is 41.9. The van der Waals surface area contributed by atoms with Crippen LogP contribution in [0.5, 0.6) is 11.5 Å². The van der Waals surface area contributed by atoms with Gasteiger partial charge < -0.3 is 14.2 Å². The van der Waals surface area contributed by atoms with Crippen LogP contribution in [0, 0.1) is 0 Å². The smallest absolute Gasteiger partial charge is 0.324 e. The second-order valence-electron chi connectivity index (χ2n) is 5.75. The van der Waals surface area contributed by atoms with Crippen LogP contribution < -0.4 is 14.2 Å². The first-order valence-corrected chi connectivity index (χ1v) is 9.52. The normalized spacial score (nSPS) is 13.8. The van der Waals surface area contributed by atoms with Gasteiger partial charge in [0.15, 0.2) is 23.9 Å². The molecule has 1 heterocycles. The second kappa shape index (κ2) is 7.77. The van der Waals surface area contributed by atoms with Crippen LogP contribution in [0.1, 0.15) is 17.3 Å². The molecule has 1 aliphatic rings. The first-order valence-electron chi connectivity index (χ1n) is 8.04. The minimum atomic E-state index is -3.87. The monoisotopic (exact) mass is 391 g/mol. The number of rotatable bonds is 7. The van der Waals surface area contributed by atoms with Crippen LogP contribution in [0.2, 0.25) is 0 Å². The molecule has 142 valence electrons. The van der Waals surface area contributed by atoms with Gasteiger partial charge in [0, 0.05) is 5.56 Å². The summed E-state index contributed by atoms with van der Waals surface area (Å²) in [5.74, 6) is -0.327. The van der Waals surface area contributed by atoms with Crippen molar-refractivity contribution >= 4 is 21.8 Å². The topological polar surface area (TPSA) is 108 Å². The van der Waals surface area contributed by atoms with E-state index >= 15 is 0 Å².